The molecular formula is C27H31N3O. The predicted octanol–water partition coefficient (Wildman–Crippen LogP) is 4.94. The van der Waals surface area contributed by atoms with Gasteiger partial charge in [-0.1, -0.05) is 42.7 Å². The molecule has 2 aromatic carbocycles. The number of likely N-dealkylation sites (tertiary alicyclic amines) is 1. The highest BCUT2D eigenvalue weighted by atomic mass is 16.2. The minimum absolute atomic E-state index is 0.0940. The number of carbonyl (C=O) groups is 1. The molecular weight excluding hydrogens is 382 g/mol. The second-order valence-electron chi connectivity index (χ2n) is 9.79. The van der Waals surface area contributed by atoms with E-state index < -0.39 is 0 Å². The van der Waals surface area contributed by atoms with Crippen molar-refractivity contribution in [3.05, 3.63) is 64.7 Å². The molecule has 0 aromatic heterocycles. The van der Waals surface area contributed by atoms with Gasteiger partial charge >= 0.3 is 0 Å². The molecule has 0 bridgehead atoms. The van der Waals surface area contributed by atoms with E-state index in [0.29, 0.717) is 11.5 Å². The SMILES string of the molecule is Cc1ccc2c(c1)C1(CCN(Cc3ccc(C#N)cc3)CC1)CN2C(=O)C1CCCC1. The van der Waals surface area contributed by atoms with Crippen LogP contribution >= 0.6 is 0 Å². The zero-order valence-electron chi connectivity index (χ0n) is 18.4. The number of aryl methyl sites for hydroxylation is 1. The van der Waals surface area contributed by atoms with Crippen LogP contribution in [0.15, 0.2) is 42.5 Å². The fourth-order valence-corrected chi connectivity index (χ4v) is 5.88. The first-order valence-electron chi connectivity index (χ1n) is 11.7. The Hall–Kier alpha value is -2.64. The Bertz CT molecular complexity index is 1010. The second kappa shape index (κ2) is 8.13. The van der Waals surface area contributed by atoms with Gasteiger partial charge in [0.15, 0.2) is 0 Å². The standard InChI is InChI=1S/C27H31N3O/c1-20-6-11-25-24(16-20)27(19-30(25)26(31)23-4-2-3-5-23)12-14-29(15-13-27)18-22-9-7-21(17-28)8-10-22/h6-11,16,23H,2-5,12-15,18-19H2,1H3. The average molecular weight is 414 g/mol. The summed E-state index contributed by atoms with van der Waals surface area (Å²) in [5.74, 6) is 0.584. The number of benzene rings is 2. The van der Waals surface area contributed by atoms with Crippen LogP contribution < -0.4 is 4.90 Å². The fourth-order valence-electron chi connectivity index (χ4n) is 5.88. The van der Waals surface area contributed by atoms with E-state index in [4.69, 9.17) is 5.26 Å². The monoisotopic (exact) mass is 413 g/mol. The Morgan fingerprint density at radius 3 is 2.48 bits per heavy atom. The zero-order chi connectivity index (χ0) is 21.4. The van der Waals surface area contributed by atoms with Crippen molar-refractivity contribution in [3.63, 3.8) is 0 Å². The van der Waals surface area contributed by atoms with Crippen molar-refractivity contribution in [1.82, 2.24) is 4.90 Å². The molecule has 2 fully saturated rings. The van der Waals surface area contributed by atoms with Gasteiger partial charge in [0, 0.05) is 30.1 Å². The first kappa shape index (κ1) is 20.3. The number of hydrogen-bond donors (Lipinski definition) is 0. The lowest BCUT2D eigenvalue weighted by atomic mass is 9.74. The molecule has 4 heteroatoms. The van der Waals surface area contributed by atoms with Crippen molar-refractivity contribution in [3.8, 4) is 6.07 Å². The minimum atomic E-state index is 0.0940. The van der Waals surface area contributed by atoms with Crippen LogP contribution in [0, 0.1) is 24.2 Å². The van der Waals surface area contributed by atoms with Gasteiger partial charge in [-0.2, -0.15) is 5.26 Å². The Morgan fingerprint density at radius 2 is 1.81 bits per heavy atom. The first-order chi connectivity index (χ1) is 15.1. The van der Waals surface area contributed by atoms with Gasteiger partial charge in [-0.3, -0.25) is 9.69 Å². The molecule has 2 aromatic rings. The fraction of sp³-hybridized carbons (Fsp3) is 0.481. The molecule has 2 heterocycles. The van der Waals surface area contributed by atoms with Crippen LogP contribution in [-0.2, 0) is 16.8 Å². The van der Waals surface area contributed by atoms with Crippen LogP contribution in [0.4, 0.5) is 5.69 Å². The van der Waals surface area contributed by atoms with E-state index in [0.717, 1.165) is 51.9 Å². The van der Waals surface area contributed by atoms with E-state index >= 15 is 0 Å². The van der Waals surface area contributed by atoms with E-state index in [-0.39, 0.29) is 11.3 Å². The summed E-state index contributed by atoms with van der Waals surface area (Å²) in [6, 6.07) is 16.8. The molecule has 0 radical (unpaired) electrons. The van der Waals surface area contributed by atoms with Crippen LogP contribution in [-0.4, -0.2) is 30.4 Å². The van der Waals surface area contributed by atoms with Crippen LogP contribution in [0.5, 0.6) is 0 Å². The summed E-state index contributed by atoms with van der Waals surface area (Å²) < 4.78 is 0. The third-order valence-electron chi connectivity index (χ3n) is 7.75. The number of hydrogen-bond acceptors (Lipinski definition) is 3. The molecule has 31 heavy (non-hydrogen) atoms. The van der Waals surface area contributed by atoms with Crippen molar-refractivity contribution >= 4 is 11.6 Å². The summed E-state index contributed by atoms with van der Waals surface area (Å²) >= 11 is 0. The number of carbonyl (C=O) groups excluding carboxylic acids is 1. The predicted molar refractivity (Wildman–Crippen MR) is 123 cm³/mol. The lowest BCUT2D eigenvalue weighted by Crippen LogP contribution is -2.46. The molecule has 1 aliphatic carbocycles. The molecule has 1 saturated carbocycles. The van der Waals surface area contributed by atoms with Crippen molar-refractivity contribution in [2.45, 2.75) is 57.4 Å². The molecule has 160 valence electrons. The van der Waals surface area contributed by atoms with Gasteiger partial charge < -0.3 is 4.90 Å². The largest absolute Gasteiger partial charge is 0.311 e. The van der Waals surface area contributed by atoms with Crippen molar-refractivity contribution < 1.29 is 4.79 Å². The number of piperidine rings is 1. The number of fused-ring (bicyclic) bond motifs is 2. The Morgan fingerprint density at radius 1 is 1.10 bits per heavy atom. The molecule has 3 aliphatic rings. The smallest absolute Gasteiger partial charge is 0.230 e. The van der Waals surface area contributed by atoms with Gasteiger partial charge in [-0.05, 0) is 75.0 Å². The maximum Gasteiger partial charge on any atom is 0.230 e. The molecule has 2 aliphatic heterocycles. The van der Waals surface area contributed by atoms with Crippen LogP contribution in [0.2, 0.25) is 0 Å². The number of anilines is 1. The van der Waals surface area contributed by atoms with Gasteiger partial charge in [0.2, 0.25) is 5.91 Å². The highest BCUT2D eigenvalue weighted by Gasteiger charge is 2.47. The van der Waals surface area contributed by atoms with E-state index in [9.17, 15) is 4.79 Å². The van der Waals surface area contributed by atoms with Crippen LogP contribution in [0.1, 0.15) is 60.8 Å². The Labute approximate surface area is 185 Å². The summed E-state index contributed by atoms with van der Waals surface area (Å²) in [4.78, 5) is 18.0. The van der Waals surface area contributed by atoms with Gasteiger partial charge in [-0.15, -0.1) is 0 Å². The minimum Gasteiger partial charge on any atom is -0.311 e. The molecule has 1 amide bonds. The topological polar surface area (TPSA) is 47.3 Å². The second-order valence-corrected chi connectivity index (χ2v) is 9.79. The number of amides is 1. The summed E-state index contributed by atoms with van der Waals surface area (Å²) in [6.07, 6.45) is 6.69. The Kier molecular flexibility index (Phi) is 5.32. The van der Waals surface area contributed by atoms with E-state index in [2.05, 4.69) is 53.1 Å². The molecule has 4 nitrogen and oxygen atoms in total. The molecule has 5 rings (SSSR count). The number of rotatable bonds is 3. The average Bonchev–Trinajstić information content (AvgIpc) is 3.43. The van der Waals surface area contributed by atoms with Crippen molar-refractivity contribution in [2.24, 2.45) is 5.92 Å². The molecule has 1 saturated heterocycles. The molecule has 0 atom stereocenters. The van der Waals surface area contributed by atoms with Gasteiger partial charge in [0.05, 0.1) is 11.6 Å². The zero-order valence-corrected chi connectivity index (χ0v) is 18.4. The highest BCUT2D eigenvalue weighted by Crippen LogP contribution is 2.48. The molecule has 1 spiro atoms. The summed E-state index contributed by atoms with van der Waals surface area (Å²) in [5, 5.41) is 9.01. The summed E-state index contributed by atoms with van der Waals surface area (Å²) in [6.45, 7) is 6.02. The van der Waals surface area contributed by atoms with E-state index in [1.165, 1.54) is 35.2 Å². The van der Waals surface area contributed by atoms with E-state index in [1.807, 2.05) is 12.1 Å². The highest BCUT2D eigenvalue weighted by molar-refractivity contribution is 5.98. The normalized spacial score (nSPS) is 20.7. The van der Waals surface area contributed by atoms with Gasteiger partial charge in [-0.25, -0.2) is 0 Å². The quantitative estimate of drug-likeness (QED) is 0.716. The molecule has 0 N–H and O–H groups in total. The van der Waals surface area contributed by atoms with Crippen LogP contribution in [0.3, 0.4) is 0 Å². The lowest BCUT2D eigenvalue weighted by Gasteiger charge is -2.40. The molecule has 0 unspecified atom stereocenters. The third kappa shape index (κ3) is 3.77. The number of nitriles is 1. The van der Waals surface area contributed by atoms with Crippen LogP contribution in [0.25, 0.3) is 0 Å². The number of nitrogens with zero attached hydrogens (tertiary/aromatic N) is 3. The van der Waals surface area contributed by atoms with E-state index in [1.54, 1.807) is 0 Å². The lowest BCUT2D eigenvalue weighted by molar-refractivity contribution is -0.122. The maximum atomic E-state index is 13.4. The van der Waals surface area contributed by atoms with Gasteiger partial charge in [0.1, 0.15) is 0 Å². The Balaban J connectivity index is 1.33. The van der Waals surface area contributed by atoms with Gasteiger partial charge in [0.25, 0.3) is 0 Å². The summed E-state index contributed by atoms with van der Waals surface area (Å²) in [5.41, 5.74) is 5.92. The summed E-state index contributed by atoms with van der Waals surface area (Å²) in [7, 11) is 0. The van der Waals surface area contributed by atoms with Crippen molar-refractivity contribution in [2.75, 3.05) is 24.5 Å². The van der Waals surface area contributed by atoms with Crippen molar-refractivity contribution in [1.29, 1.82) is 5.26 Å². The third-order valence-corrected chi connectivity index (χ3v) is 7.75. The first-order valence-corrected chi connectivity index (χ1v) is 11.7. The maximum absolute atomic E-state index is 13.4.